The number of rotatable bonds is 5. The highest BCUT2D eigenvalue weighted by Crippen LogP contribution is 2.31. The lowest BCUT2D eigenvalue weighted by Crippen LogP contribution is -2.03. The van der Waals surface area contributed by atoms with Crippen molar-refractivity contribution in [3.8, 4) is 16.8 Å². The molecular formula is C22H18ClNO2. The van der Waals surface area contributed by atoms with Crippen molar-refractivity contribution in [1.82, 2.24) is 4.57 Å². The van der Waals surface area contributed by atoms with Gasteiger partial charge in [0.2, 0.25) is 0 Å². The van der Waals surface area contributed by atoms with Crippen LogP contribution in [0.3, 0.4) is 0 Å². The van der Waals surface area contributed by atoms with Crippen LogP contribution in [0.25, 0.3) is 22.9 Å². The van der Waals surface area contributed by atoms with Gasteiger partial charge in [0.1, 0.15) is 0 Å². The molecule has 0 saturated carbocycles. The predicted molar refractivity (Wildman–Crippen MR) is 107 cm³/mol. The molecule has 0 amide bonds. The summed E-state index contributed by atoms with van der Waals surface area (Å²) in [6.45, 7) is 5.74. The molecule has 3 nitrogen and oxygen atoms in total. The molecule has 130 valence electrons. The fourth-order valence-electron chi connectivity index (χ4n) is 2.99. The minimum atomic E-state index is -1.05. The summed E-state index contributed by atoms with van der Waals surface area (Å²) in [5.41, 5.74) is 4.96. The van der Waals surface area contributed by atoms with Crippen molar-refractivity contribution in [1.29, 1.82) is 0 Å². The molecule has 0 saturated heterocycles. The van der Waals surface area contributed by atoms with E-state index in [2.05, 4.69) is 24.8 Å². The molecule has 4 heteroatoms. The molecule has 0 aliphatic rings. The average molecular weight is 364 g/mol. The van der Waals surface area contributed by atoms with Crippen LogP contribution in [0, 0.1) is 6.92 Å². The van der Waals surface area contributed by atoms with Gasteiger partial charge in [-0.25, -0.2) is 4.79 Å². The molecule has 3 aromatic rings. The number of carbonyl (C=O) groups is 1. The second-order valence-electron chi connectivity index (χ2n) is 5.83. The first-order chi connectivity index (χ1) is 12.5. The van der Waals surface area contributed by atoms with Crippen LogP contribution < -0.4 is 0 Å². The highest BCUT2D eigenvalue weighted by molar-refractivity contribution is 6.33. The van der Waals surface area contributed by atoms with Crippen molar-refractivity contribution >= 4 is 23.6 Å². The van der Waals surface area contributed by atoms with E-state index in [1.54, 1.807) is 18.2 Å². The minimum Gasteiger partial charge on any atom is -0.478 e. The second-order valence-corrected chi connectivity index (χ2v) is 6.24. The number of aromatic carboxylic acids is 1. The van der Waals surface area contributed by atoms with Crippen molar-refractivity contribution in [2.75, 3.05) is 0 Å². The molecule has 0 spiro atoms. The Morgan fingerprint density at radius 3 is 2.54 bits per heavy atom. The van der Waals surface area contributed by atoms with Gasteiger partial charge in [-0.05, 0) is 42.8 Å². The van der Waals surface area contributed by atoms with E-state index in [1.807, 2.05) is 47.9 Å². The van der Waals surface area contributed by atoms with Gasteiger partial charge >= 0.3 is 5.97 Å². The molecule has 3 rings (SSSR count). The number of hydrogen-bond acceptors (Lipinski definition) is 1. The van der Waals surface area contributed by atoms with E-state index in [0.717, 1.165) is 28.2 Å². The van der Waals surface area contributed by atoms with Gasteiger partial charge in [0.05, 0.1) is 10.6 Å². The first kappa shape index (κ1) is 17.8. The van der Waals surface area contributed by atoms with E-state index in [0.29, 0.717) is 0 Å². The van der Waals surface area contributed by atoms with E-state index in [-0.39, 0.29) is 10.6 Å². The Morgan fingerprint density at radius 1 is 1.15 bits per heavy atom. The van der Waals surface area contributed by atoms with Gasteiger partial charge in [-0.15, -0.1) is 0 Å². The zero-order valence-electron chi connectivity index (χ0n) is 14.3. The molecule has 1 N–H and O–H groups in total. The molecule has 0 radical (unpaired) electrons. The monoisotopic (exact) mass is 363 g/mol. The van der Waals surface area contributed by atoms with E-state index in [9.17, 15) is 9.90 Å². The fraction of sp³-hybridized carbons (Fsp3) is 0.0455. The van der Waals surface area contributed by atoms with Crippen molar-refractivity contribution in [3.63, 3.8) is 0 Å². The molecule has 0 unspecified atom stereocenters. The number of aromatic nitrogens is 1. The molecule has 2 aromatic carbocycles. The molecule has 26 heavy (non-hydrogen) atoms. The number of carboxylic acids is 1. The lowest BCUT2D eigenvalue weighted by atomic mass is 10.1. The number of carboxylic acid groups (broad SMARTS) is 1. The Hall–Kier alpha value is -3.04. The zero-order valence-corrected chi connectivity index (χ0v) is 15.1. The molecule has 1 aromatic heterocycles. The highest BCUT2D eigenvalue weighted by atomic mass is 35.5. The number of hydrogen-bond donors (Lipinski definition) is 1. The van der Waals surface area contributed by atoms with Crippen LogP contribution in [-0.2, 0) is 0 Å². The summed E-state index contributed by atoms with van der Waals surface area (Å²) in [4.78, 5) is 11.5. The summed E-state index contributed by atoms with van der Waals surface area (Å²) >= 11 is 6.03. The maximum absolute atomic E-state index is 11.5. The smallest absolute Gasteiger partial charge is 0.337 e. The topological polar surface area (TPSA) is 42.2 Å². The quantitative estimate of drug-likeness (QED) is 0.564. The Morgan fingerprint density at radius 2 is 1.88 bits per heavy atom. The summed E-state index contributed by atoms with van der Waals surface area (Å²) in [6.07, 6.45) is 5.51. The molecule has 1 heterocycles. The van der Waals surface area contributed by atoms with Crippen LogP contribution in [0.5, 0.6) is 0 Å². The molecule has 0 fully saturated rings. The summed E-state index contributed by atoms with van der Waals surface area (Å²) in [6, 6.07) is 17.2. The summed E-state index contributed by atoms with van der Waals surface area (Å²) < 4.78 is 2.02. The van der Waals surface area contributed by atoms with Gasteiger partial charge in [-0.3, -0.25) is 0 Å². The molecule has 0 aliphatic heterocycles. The first-order valence-electron chi connectivity index (χ1n) is 8.13. The highest BCUT2D eigenvalue weighted by Gasteiger charge is 2.16. The number of halogens is 1. The largest absolute Gasteiger partial charge is 0.478 e. The lowest BCUT2D eigenvalue weighted by molar-refractivity contribution is 0.0697. The summed E-state index contributed by atoms with van der Waals surface area (Å²) in [7, 11) is 0. The second kappa shape index (κ2) is 7.46. The Balaban J connectivity index is 2.25. The van der Waals surface area contributed by atoms with Crippen molar-refractivity contribution in [2.45, 2.75) is 6.92 Å². The van der Waals surface area contributed by atoms with Gasteiger partial charge in [-0.2, -0.15) is 0 Å². The van der Waals surface area contributed by atoms with Gasteiger partial charge in [0.25, 0.3) is 0 Å². The normalized spacial score (nSPS) is 11.0. The standard InChI is InChI=1S/C22H18ClNO2/c1-3-4-10-17-13-19(16-8-6-5-7-9-16)15(2)24(17)18-11-12-21(23)20(14-18)22(25)26/h3-14H,1H2,2H3,(H,25,26)/b10-4+. The van der Waals surface area contributed by atoms with Crippen molar-refractivity contribution in [3.05, 3.63) is 95.3 Å². The van der Waals surface area contributed by atoms with Gasteiger partial charge in [0.15, 0.2) is 0 Å². The third kappa shape index (κ3) is 3.35. The van der Waals surface area contributed by atoms with E-state index in [1.165, 1.54) is 0 Å². The van der Waals surface area contributed by atoms with Crippen LogP contribution in [0.1, 0.15) is 21.7 Å². The maximum Gasteiger partial charge on any atom is 0.337 e. The Labute approximate surface area is 157 Å². The van der Waals surface area contributed by atoms with Crippen LogP contribution in [0.2, 0.25) is 5.02 Å². The van der Waals surface area contributed by atoms with Crippen LogP contribution in [-0.4, -0.2) is 15.6 Å². The molecule has 0 aliphatic carbocycles. The van der Waals surface area contributed by atoms with Gasteiger partial charge in [-0.1, -0.05) is 60.7 Å². The first-order valence-corrected chi connectivity index (χ1v) is 8.51. The summed E-state index contributed by atoms with van der Waals surface area (Å²) in [5, 5.41) is 9.60. The van der Waals surface area contributed by atoms with E-state index < -0.39 is 5.97 Å². The molecular weight excluding hydrogens is 346 g/mol. The molecule has 0 atom stereocenters. The Kier molecular flexibility index (Phi) is 5.10. The van der Waals surface area contributed by atoms with Crippen LogP contribution in [0.15, 0.2) is 73.3 Å². The fourth-order valence-corrected chi connectivity index (χ4v) is 3.19. The SMILES string of the molecule is C=C/C=C/c1cc(-c2ccccc2)c(C)n1-c1ccc(Cl)c(C(=O)O)c1. The van der Waals surface area contributed by atoms with Crippen molar-refractivity contribution in [2.24, 2.45) is 0 Å². The molecule has 0 bridgehead atoms. The van der Waals surface area contributed by atoms with E-state index in [4.69, 9.17) is 11.6 Å². The number of allylic oxidation sites excluding steroid dienone is 2. The predicted octanol–water partition coefficient (Wildman–Crippen LogP) is 6.00. The third-order valence-electron chi connectivity index (χ3n) is 4.20. The average Bonchev–Trinajstić information content (AvgIpc) is 2.97. The van der Waals surface area contributed by atoms with Crippen molar-refractivity contribution < 1.29 is 9.90 Å². The number of benzene rings is 2. The van der Waals surface area contributed by atoms with Crippen LogP contribution in [0.4, 0.5) is 0 Å². The zero-order chi connectivity index (χ0) is 18.7. The minimum absolute atomic E-state index is 0.0807. The maximum atomic E-state index is 11.5. The third-order valence-corrected chi connectivity index (χ3v) is 4.53. The Bertz CT molecular complexity index is 1000. The van der Waals surface area contributed by atoms with E-state index >= 15 is 0 Å². The summed E-state index contributed by atoms with van der Waals surface area (Å²) in [5.74, 6) is -1.05. The lowest BCUT2D eigenvalue weighted by Gasteiger charge is -2.12. The van der Waals surface area contributed by atoms with Gasteiger partial charge < -0.3 is 9.67 Å². The van der Waals surface area contributed by atoms with Gasteiger partial charge in [0, 0.05) is 22.6 Å². The number of nitrogens with zero attached hydrogens (tertiary/aromatic N) is 1. The van der Waals surface area contributed by atoms with Crippen LogP contribution >= 0.6 is 11.6 Å².